The molecule has 3 nitrogen and oxygen atoms in total. The summed E-state index contributed by atoms with van der Waals surface area (Å²) in [5.41, 5.74) is 1.73. The predicted octanol–water partition coefficient (Wildman–Crippen LogP) is 4.67. The van der Waals surface area contributed by atoms with Crippen LogP contribution in [0.5, 0.6) is 5.75 Å². The molecule has 0 heterocycles. The standard InChI is InChI=1S/C18H17Cl2NO2/c1-21(12-14-11-16(20)7-8-17(14)23-2)18(22)9-6-13-4-3-5-15(19)10-13/h3-11H,12H2,1-2H3/b9-6+. The lowest BCUT2D eigenvalue weighted by Gasteiger charge is -2.17. The van der Waals surface area contributed by atoms with Crippen molar-refractivity contribution in [1.29, 1.82) is 0 Å². The van der Waals surface area contributed by atoms with Crippen molar-refractivity contribution in [3.63, 3.8) is 0 Å². The van der Waals surface area contributed by atoms with Crippen LogP contribution in [-0.2, 0) is 11.3 Å². The first kappa shape index (κ1) is 17.4. The van der Waals surface area contributed by atoms with Crippen LogP contribution < -0.4 is 4.74 Å². The largest absolute Gasteiger partial charge is 0.496 e. The van der Waals surface area contributed by atoms with E-state index in [1.54, 1.807) is 55.5 Å². The predicted molar refractivity (Wildman–Crippen MR) is 95.0 cm³/mol. The number of hydrogen-bond donors (Lipinski definition) is 0. The lowest BCUT2D eigenvalue weighted by atomic mass is 10.2. The van der Waals surface area contributed by atoms with Crippen molar-refractivity contribution in [2.75, 3.05) is 14.2 Å². The van der Waals surface area contributed by atoms with Crippen molar-refractivity contribution in [2.24, 2.45) is 0 Å². The molecule has 0 spiro atoms. The second-order valence-electron chi connectivity index (χ2n) is 5.04. The minimum atomic E-state index is -0.119. The molecule has 0 unspecified atom stereocenters. The van der Waals surface area contributed by atoms with E-state index in [-0.39, 0.29) is 5.91 Å². The first-order chi connectivity index (χ1) is 11.0. The lowest BCUT2D eigenvalue weighted by Crippen LogP contribution is -2.24. The van der Waals surface area contributed by atoms with Gasteiger partial charge in [0.05, 0.1) is 7.11 Å². The summed E-state index contributed by atoms with van der Waals surface area (Å²) in [7, 11) is 3.32. The summed E-state index contributed by atoms with van der Waals surface area (Å²) in [5.74, 6) is 0.583. The number of amides is 1. The quantitative estimate of drug-likeness (QED) is 0.733. The maximum absolute atomic E-state index is 12.2. The topological polar surface area (TPSA) is 29.5 Å². The zero-order valence-corrected chi connectivity index (χ0v) is 14.4. The molecule has 0 aliphatic rings. The highest BCUT2D eigenvalue weighted by atomic mass is 35.5. The molecule has 0 saturated carbocycles. The van der Waals surface area contributed by atoms with Crippen LogP contribution in [0, 0.1) is 0 Å². The molecule has 2 aromatic carbocycles. The summed E-state index contributed by atoms with van der Waals surface area (Å²) in [5, 5.41) is 1.24. The highest BCUT2D eigenvalue weighted by Crippen LogP contribution is 2.23. The third-order valence-corrected chi connectivity index (χ3v) is 3.76. The van der Waals surface area contributed by atoms with Gasteiger partial charge in [0.25, 0.3) is 0 Å². The summed E-state index contributed by atoms with van der Waals surface area (Å²) >= 11 is 11.9. The summed E-state index contributed by atoms with van der Waals surface area (Å²) in [6.07, 6.45) is 3.25. The van der Waals surface area contributed by atoms with Gasteiger partial charge < -0.3 is 9.64 Å². The number of benzene rings is 2. The number of carbonyl (C=O) groups excluding carboxylic acids is 1. The smallest absolute Gasteiger partial charge is 0.246 e. The summed E-state index contributed by atoms with van der Waals surface area (Å²) in [4.78, 5) is 13.8. The minimum Gasteiger partial charge on any atom is -0.496 e. The molecular formula is C18H17Cl2NO2. The zero-order chi connectivity index (χ0) is 16.8. The van der Waals surface area contributed by atoms with Gasteiger partial charge in [0.2, 0.25) is 5.91 Å². The third-order valence-electron chi connectivity index (χ3n) is 3.29. The van der Waals surface area contributed by atoms with Gasteiger partial charge in [-0.05, 0) is 42.0 Å². The van der Waals surface area contributed by atoms with Crippen LogP contribution in [0.2, 0.25) is 10.0 Å². The van der Waals surface area contributed by atoms with Crippen molar-refractivity contribution < 1.29 is 9.53 Å². The minimum absolute atomic E-state index is 0.119. The number of nitrogens with zero attached hydrogens (tertiary/aromatic N) is 1. The number of ether oxygens (including phenoxy) is 1. The van der Waals surface area contributed by atoms with Gasteiger partial charge in [-0.2, -0.15) is 0 Å². The fourth-order valence-corrected chi connectivity index (χ4v) is 2.50. The van der Waals surface area contributed by atoms with Crippen LogP contribution in [0.3, 0.4) is 0 Å². The Balaban J connectivity index is 2.07. The van der Waals surface area contributed by atoms with E-state index in [1.807, 2.05) is 12.1 Å². The molecule has 23 heavy (non-hydrogen) atoms. The number of carbonyl (C=O) groups is 1. The molecule has 2 rings (SSSR count). The average Bonchev–Trinajstić information content (AvgIpc) is 2.53. The van der Waals surface area contributed by atoms with Crippen LogP contribution >= 0.6 is 23.2 Å². The van der Waals surface area contributed by atoms with Crippen molar-refractivity contribution in [2.45, 2.75) is 6.54 Å². The Bertz CT molecular complexity index is 729. The van der Waals surface area contributed by atoms with Gasteiger partial charge in [-0.25, -0.2) is 0 Å². The van der Waals surface area contributed by atoms with E-state index in [4.69, 9.17) is 27.9 Å². The van der Waals surface area contributed by atoms with Crippen molar-refractivity contribution >= 4 is 35.2 Å². The van der Waals surface area contributed by atoms with E-state index >= 15 is 0 Å². The fraction of sp³-hybridized carbons (Fsp3) is 0.167. The molecule has 5 heteroatoms. The molecule has 0 atom stereocenters. The van der Waals surface area contributed by atoms with Gasteiger partial charge in [0, 0.05) is 35.3 Å². The molecule has 0 N–H and O–H groups in total. The monoisotopic (exact) mass is 349 g/mol. The number of rotatable bonds is 5. The van der Waals surface area contributed by atoms with Crippen LogP contribution in [-0.4, -0.2) is 25.0 Å². The number of halogens is 2. The molecule has 0 aromatic heterocycles. The second-order valence-corrected chi connectivity index (χ2v) is 5.91. The Morgan fingerprint density at radius 2 is 1.91 bits per heavy atom. The van der Waals surface area contributed by atoms with E-state index in [0.717, 1.165) is 11.1 Å². The third kappa shape index (κ3) is 5.02. The SMILES string of the molecule is COc1ccc(Cl)cc1CN(C)C(=O)/C=C/c1cccc(Cl)c1. The van der Waals surface area contributed by atoms with Crippen molar-refractivity contribution in [3.8, 4) is 5.75 Å². The molecule has 1 amide bonds. The van der Waals surface area contributed by atoms with E-state index in [1.165, 1.54) is 6.08 Å². The highest BCUT2D eigenvalue weighted by Gasteiger charge is 2.10. The Morgan fingerprint density at radius 3 is 2.61 bits per heavy atom. The molecule has 0 aliphatic heterocycles. The van der Waals surface area contributed by atoms with Gasteiger partial charge in [0.15, 0.2) is 0 Å². The normalized spacial score (nSPS) is 10.8. The van der Waals surface area contributed by atoms with Crippen LogP contribution in [0.1, 0.15) is 11.1 Å². The molecule has 0 fully saturated rings. The summed E-state index contributed by atoms with van der Waals surface area (Å²) in [6, 6.07) is 12.7. The molecule has 120 valence electrons. The van der Waals surface area contributed by atoms with Gasteiger partial charge in [0.1, 0.15) is 5.75 Å². The van der Waals surface area contributed by atoms with Crippen molar-refractivity contribution in [1.82, 2.24) is 4.90 Å². The second kappa shape index (κ2) is 8.04. The molecule has 0 saturated heterocycles. The van der Waals surface area contributed by atoms with E-state index < -0.39 is 0 Å². The van der Waals surface area contributed by atoms with Crippen LogP contribution in [0.4, 0.5) is 0 Å². The van der Waals surface area contributed by atoms with Crippen LogP contribution in [0.15, 0.2) is 48.5 Å². The van der Waals surface area contributed by atoms with E-state index in [2.05, 4.69) is 0 Å². The van der Waals surface area contributed by atoms with Gasteiger partial charge in [-0.15, -0.1) is 0 Å². The fourth-order valence-electron chi connectivity index (χ4n) is 2.11. The number of hydrogen-bond acceptors (Lipinski definition) is 2. The van der Waals surface area contributed by atoms with Crippen LogP contribution in [0.25, 0.3) is 6.08 Å². The van der Waals surface area contributed by atoms with E-state index in [9.17, 15) is 4.79 Å². The molecule has 0 radical (unpaired) electrons. The van der Waals surface area contributed by atoms with Crippen molar-refractivity contribution in [3.05, 3.63) is 69.7 Å². The van der Waals surface area contributed by atoms with Gasteiger partial charge in [-0.3, -0.25) is 4.79 Å². The Hall–Kier alpha value is -1.97. The Kier molecular flexibility index (Phi) is 6.08. The number of likely N-dealkylation sites (N-methyl/N-ethyl adjacent to an activating group) is 1. The lowest BCUT2D eigenvalue weighted by molar-refractivity contribution is -0.125. The summed E-state index contributed by atoms with van der Waals surface area (Å²) < 4.78 is 5.29. The molecule has 2 aromatic rings. The Morgan fingerprint density at radius 1 is 1.17 bits per heavy atom. The Labute approximate surface area is 146 Å². The van der Waals surface area contributed by atoms with Gasteiger partial charge >= 0.3 is 0 Å². The molecule has 0 aliphatic carbocycles. The highest BCUT2D eigenvalue weighted by molar-refractivity contribution is 6.31. The van der Waals surface area contributed by atoms with E-state index in [0.29, 0.717) is 22.3 Å². The maximum Gasteiger partial charge on any atom is 0.246 e. The number of methoxy groups -OCH3 is 1. The zero-order valence-electron chi connectivity index (χ0n) is 12.9. The first-order valence-electron chi connectivity index (χ1n) is 7.01. The first-order valence-corrected chi connectivity index (χ1v) is 7.76. The molecule has 0 bridgehead atoms. The average molecular weight is 350 g/mol. The molecular weight excluding hydrogens is 333 g/mol. The van der Waals surface area contributed by atoms with Gasteiger partial charge in [-0.1, -0.05) is 35.3 Å². The summed E-state index contributed by atoms with van der Waals surface area (Å²) in [6.45, 7) is 0.405. The maximum atomic E-state index is 12.2.